The minimum atomic E-state index is -0.961. The number of amides is 1. The minimum absolute atomic E-state index is 0.00396. The summed E-state index contributed by atoms with van der Waals surface area (Å²) in [6.07, 6.45) is 4.45. The summed E-state index contributed by atoms with van der Waals surface area (Å²) >= 11 is 2.43. The van der Waals surface area contributed by atoms with Gasteiger partial charge in [0.25, 0.3) is 0 Å². The van der Waals surface area contributed by atoms with Gasteiger partial charge in [-0.15, -0.1) is 11.3 Å². The Morgan fingerprint density at radius 2 is 2.05 bits per heavy atom. The smallest absolute Gasteiger partial charge is 0.347 e. The molecule has 1 heterocycles. The van der Waals surface area contributed by atoms with Gasteiger partial charge in [0.05, 0.1) is 11.4 Å². The van der Waals surface area contributed by atoms with Crippen LogP contribution < -0.4 is 5.32 Å². The van der Waals surface area contributed by atoms with E-state index in [0.29, 0.717) is 16.1 Å². The van der Waals surface area contributed by atoms with Gasteiger partial charge in [0.1, 0.15) is 4.88 Å². The Balaban J connectivity index is 1.78. The van der Waals surface area contributed by atoms with E-state index in [4.69, 9.17) is 5.11 Å². The number of aryl methyl sites for hydroxylation is 1. The number of carbonyl (C=O) groups is 2. The lowest BCUT2D eigenvalue weighted by Gasteiger charge is -2.26. The third kappa shape index (κ3) is 4.71. The van der Waals surface area contributed by atoms with Crippen molar-refractivity contribution < 1.29 is 14.7 Å². The highest BCUT2D eigenvalue weighted by molar-refractivity contribution is 8.01. The molecule has 1 fully saturated rings. The Hall–Kier alpha value is -1.08. The minimum Gasteiger partial charge on any atom is -0.477 e. The van der Waals surface area contributed by atoms with E-state index < -0.39 is 5.97 Å². The van der Waals surface area contributed by atoms with Crippen LogP contribution in [0.4, 0.5) is 0 Å². The topological polar surface area (TPSA) is 79.3 Å². The summed E-state index contributed by atoms with van der Waals surface area (Å²) in [5, 5.41) is 12.0. The predicted molar refractivity (Wildman–Crippen MR) is 84.1 cm³/mol. The van der Waals surface area contributed by atoms with Gasteiger partial charge >= 0.3 is 5.97 Å². The molecule has 116 valence electrons. The van der Waals surface area contributed by atoms with Crippen molar-refractivity contribution in [1.82, 2.24) is 10.3 Å². The van der Waals surface area contributed by atoms with Crippen LogP contribution in [0.2, 0.25) is 0 Å². The van der Waals surface area contributed by atoms with Gasteiger partial charge < -0.3 is 10.4 Å². The van der Waals surface area contributed by atoms with Crippen molar-refractivity contribution in [1.29, 1.82) is 0 Å². The molecule has 0 unspecified atom stereocenters. The summed E-state index contributed by atoms with van der Waals surface area (Å²) in [5.74, 6) is 0.0973. The number of thioether (sulfide) groups is 1. The number of hydrogen-bond acceptors (Lipinski definition) is 5. The molecule has 0 aliphatic heterocycles. The first-order chi connectivity index (χ1) is 9.95. The molecular weight excluding hydrogens is 308 g/mol. The van der Waals surface area contributed by atoms with Crippen LogP contribution in [0.1, 0.15) is 48.0 Å². The second kappa shape index (κ2) is 7.26. The van der Waals surface area contributed by atoms with Crippen molar-refractivity contribution >= 4 is 35.0 Å². The summed E-state index contributed by atoms with van der Waals surface area (Å²) in [5.41, 5.74) is 0.511. The zero-order chi connectivity index (χ0) is 15.4. The van der Waals surface area contributed by atoms with E-state index in [1.807, 2.05) is 0 Å². The van der Waals surface area contributed by atoms with Crippen LogP contribution in [0.15, 0.2) is 4.34 Å². The van der Waals surface area contributed by atoms with Gasteiger partial charge in [-0.25, -0.2) is 9.78 Å². The number of carbonyl (C=O) groups excluding carboxylic acids is 1. The van der Waals surface area contributed by atoms with Gasteiger partial charge in [0.15, 0.2) is 4.34 Å². The molecule has 0 spiro atoms. The zero-order valence-corrected chi connectivity index (χ0v) is 13.9. The second-order valence-electron chi connectivity index (χ2n) is 5.51. The van der Waals surface area contributed by atoms with E-state index >= 15 is 0 Å². The molecule has 0 aromatic carbocycles. The van der Waals surface area contributed by atoms with Gasteiger partial charge in [-0.2, -0.15) is 0 Å². The van der Waals surface area contributed by atoms with E-state index in [1.165, 1.54) is 24.6 Å². The third-order valence-corrected chi connectivity index (χ3v) is 5.97. The van der Waals surface area contributed by atoms with E-state index in [-0.39, 0.29) is 16.5 Å². The summed E-state index contributed by atoms with van der Waals surface area (Å²) in [7, 11) is 0. The van der Waals surface area contributed by atoms with Crippen LogP contribution in [0.25, 0.3) is 0 Å². The van der Waals surface area contributed by atoms with Crippen molar-refractivity contribution in [2.24, 2.45) is 5.92 Å². The fourth-order valence-electron chi connectivity index (χ4n) is 2.43. The fraction of sp³-hybridized carbons (Fsp3) is 0.643. The quantitative estimate of drug-likeness (QED) is 0.812. The molecule has 1 aromatic heterocycles. The molecule has 1 aliphatic carbocycles. The maximum atomic E-state index is 11.9. The first-order valence-electron chi connectivity index (χ1n) is 7.08. The van der Waals surface area contributed by atoms with Crippen molar-refractivity contribution in [2.45, 2.75) is 49.9 Å². The van der Waals surface area contributed by atoms with Gasteiger partial charge in [0.2, 0.25) is 5.91 Å². The van der Waals surface area contributed by atoms with E-state index in [0.717, 1.165) is 30.1 Å². The number of carboxylic acids is 1. The monoisotopic (exact) mass is 328 g/mol. The Bertz CT molecular complexity index is 522. The molecule has 7 heteroatoms. The van der Waals surface area contributed by atoms with Crippen LogP contribution >= 0.6 is 23.1 Å². The molecule has 0 radical (unpaired) electrons. The Morgan fingerprint density at radius 1 is 1.38 bits per heavy atom. The number of rotatable bonds is 5. The molecule has 1 aromatic rings. The molecule has 5 nitrogen and oxygen atoms in total. The highest BCUT2D eigenvalue weighted by Crippen LogP contribution is 2.27. The number of nitrogens with one attached hydrogen (secondary N) is 1. The first kappa shape index (κ1) is 16.3. The summed E-state index contributed by atoms with van der Waals surface area (Å²) < 4.78 is 0.636. The highest BCUT2D eigenvalue weighted by Gasteiger charge is 2.20. The Labute approximate surface area is 132 Å². The second-order valence-corrected chi connectivity index (χ2v) is 7.73. The van der Waals surface area contributed by atoms with Crippen LogP contribution in [-0.2, 0) is 4.79 Å². The lowest BCUT2D eigenvalue weighted by atomic mass is 9.87. The fourth-order valence-corrected chi connectivity index (χ4v) is 4.27. The molecule has 1 amide bonds. The van der Waals surface area contributed by atoms with Crippen molar-refractivity contribution in [3.63, 3.8) is 0 Å². The van der Waals surface area contributed by atoms with Gasteiger partial charge in [0, 0.05) is 6.04 Å². The maximum absolute atomic E-state index is 11.9. The van der Waals surface area contributed by atoms with E-state index in [1.54, 1.807) is 6.92 Å². The molecule has 1 aliphatic rings. The van der Waals surface area contributed by atoms with Gasteiger partial charge in [-0.1, -0.05) is 18.7 Å². The van der Waals surface area contributed by atoms with Gasteiger partial charge in [-0.05, 0) is 38.5 Å². The molecule has 0 saturated heterocycles. The first-order valence-corrected chi connectivity index (χ1v) is 8.88. The Kier molecular flexibility index (Phi) is 5.64. The number of aromatic carboxylic acids is 1. The Morgan fingerprint density at radius 3 is 2.62 bits per heavy atom. The summed E-state index contributed by atoms with van der Waals surface area (Å²) in [6, 6.07) is 0.293. The van der Waals surface area contributed by atoms with E-state index in [9.17, 15) is 9.59 Å². The van der Waals surface area contributed by atoms with Crippen molar-refractivity contribution in [3.8, 4) is 0 Å². The summed E-state index contributed by atoms with van der Waals surface area (Å²) in [6.45, 7) is 3.92. The number of nitrogens with zero attached hydrogens (tertiary/aromatic N) is 1. The molecule has 2 N–H and O–H groups in total. The van der Waals surface area contributed by atoms with Gasteiger partial charge in [-0.3, -0.25) is 4.79 Å². The van der Waals surface area contributed by atoms with E-state index in [2.05, 4.69) is 17.2 Å². The molecule has 21 heavy (non-hydrogen) atoms. The predicted octanol–water partition coefficient (Wildman–Crippen LogP) is 2.94. The number of carboxylic acid groups (broad SMARTS) is 1. The largest absolute Gasteiger partial charge is 0.477 e. The lowest BCUT2D eigenvalue weighted by Crippen LogP contribution is -2.38. The van der Waals surface area contributed by atoms with Crippen LogP contribution in [0, 0.1) is 12.8 Å². The van der Waals surface area contributed by atoms with Crippen molar-refractivity contribution in [2.75, 3.05) is 5.75 Å². The van der Waals surface area contributed by atoms with Crippen molar-refractivity contribution in [3.05, 3.63) is 10.6 Å². The average molecular weight is 328 g/mol. The highest BCUT2D eigenvalue weighted by atomic mass is 32.2. The number of hydrogen-bond donors (Lipinski definition) is 2. The SMILES string of the molecule is Cc1nc(SCC(=O)NC2CCC(C)CC2)sc1C(=O)O. The lowest BCUT2D eigenvalue weighted by molar-refractivity contribution is -0.119. The molecule has 0 atom stereocenters. The third-order valence-electron chi connectivity index (χ3n) is 3.68. The molecular formula is C14H20N2O3S2. The number of thiazole rings is 1. The number of aromatic nitrogens is 1. The molecule has 0 bridgehead atoms. The summed E-state index contributed by atoms with van der Waals surface area (Å²) in [4.78, 5) is 27.3. The average Bonchev–Trinajstić information content (AvgIpc) is 2.81. The van der Waals surface area contributed by atoms with Crippen LogP contribution in [-0.4, -0.2) is 33.8 Å². The normalized spacial score (nSPS) is 22.0. The van der Waals surface area contributed by atoms with Crippen LogP contribution in [0.5, 0.6) is 0 Å². The zero-order valence-electron chi connectivity index (χ0n) is 12.2. The molecule has 2 rings (SSSR count). The van der Waals surface area contributed by atoms with Crippen LogP contribution in [0.3, 0.4) is 0 Å². The standard InChI is InChI=1S/C14H20N2O3S2/c1-8-3-5-10(6-4-8)16-11(17)7-20-14-15-9(2)12(21-14)13(18)19/h8,10H,3-7H2,1-2H3,(H,16,17)(H,18,19). The maximum Gasteiger partial charge on any atom is 0.347 e. The molecule has 1 saturated carbocycles.